The Kier molecular flexibility index (Phi) is 3.42. The van der Waals surface area contributed by atoms with Crippen LogP contribution in [0.5, 0.6) is 0 Å². The number of hydrogen-bond acceptors (Lipinski definition) is 5. The van der Waals surface area contributed by atoms with Crippen LogP contribution in [0.3, 0.4) is 0 Å². The molecule has 0 saturated carbocycles. The van der Waals surface area contributed by atoms with Crippen molar-refractivity contribution in [3.05, 3.63) is 47.8 Å². The number of rotatable bonds is 4. The van der Waals surface area contributed by atoms with E-state index in [1.807, 2.05) is 31.2 Å². The van der Waals surface area contributed by atoms with Crippen molar-refractivity contribution in [3.8, 4) is 0 Å². The summed E-state index contributed by atoms with van der Waals surface area (Å²) in [7, 11) is 0. The van der Waals surface area contributed by atoms with Crippen molar-refractivity contribution in [1.29, 1.82) is 0 Å². The lowest BCUT2D eigenvalue weighted by Crippen LogP contribution is -2.24. The van der Waals surface area contributed by atoms with Gasteiger partial charge in [-0.05, 0) is 18.1 Å². The van der Waals surface area contributed by atoms with Crippen molar-refractivity contribution in [2.45, 2.75) is 26.1 Å². The molecule has 0 spiro atoms. The Morgan fingerprint density at radius 2 is 2.17 bits per heavy atom. The number of aryl methyl sites for hydroxylation is 1. The maximum atomic E-state index is 13.8. The van der Waals surface area contributed by atoms with Gasteiger partial charge in [0.15, 0.2) is 17.0 Å². The van der Waals surface area contributed by atoms with Gasteiger partial charge in [-0.2, -0.15) is 14.4 Å². The summed E-state index contributed by atoms with van der Waals surface area (Å²) < 4.78 is 21.0. The molecule has 6 nitrogen and oxygen atoms in total. The summed E-state index contributed by atoms with van der Waals surface area (Å²) in [4.78, 5) is 12.1. The largest absolute Gasteiger partial charge is 0.364 e. The van der Waals surface area contributed by atoms with Gasteiger partial charge in [0.1, 0.15) is 6.23 Å². The van der Waals surface area contributed by atoms with Crippen molar-refractivity contribution in [1.82, 2.24) is 19.5 Å². The Hall–Kier alpha value is -2.54. The topological polar surface area (TPSA) is 64.9 Å². The maximum absolute atomic E-state index is 13.8. The minimum atomic E-state index is -0.772. The maximum Gasteiger partial charge on any atom is 0.312 e. The first kappa shape index (κ1) is 14.1. The van der Waals surface area contributed by atoms with Gasteiger partial charge < -0.3 is 10.1 Å². The number of hydrogen-bond donors (Lipinski definition) is 1. The highest BCUT2D eigenvalue weighted by molar-refractivity contribution is 5.82. The second kappa shape index (κ2) is 5.58. The zero-order valence-corrected chi connectivity index (χ0v) is 12.7. The summed E-state index contributed by atoms with van der Waals surface area (Å²) in [5, 5.41) is 3.17. The van der Waals surface area contributed by atoms with Gasteiger partial charge in [-0.15, -0.1) is 0 Å². The fourth-order valence-electron chi connectivity index (χ4n) is 2.65. The number of nitrogens with one attached hydrogen (secondary N) is 1. The Morgan fingerprint density at radius 1 is 1.35 bits per heavy atom. The van der Waals surface area contributed by atoms with Gasteiger partial charge in [-0.25, -0.2) is 4.98 Å². The van der Waals surface area contributed by atoms with E-state index in [4.69, 9.17) is 4.74 Å². The highest BCUT2D eigenvalue weighted by atomic mass is 19.1. The summed E-state index contributed by atoms with van der Waals surface area (Å²) in [5.74, 6) is 0.397. The smallest absolute Gasteiger partial charge is 0.312 e. The third kappa shape index (κ3) is 2.53. The Labute approximate surface area is 132 Å². The number of aromatic nitrogens is 4. The number of nitrogens with zero attached hydrogens (tertiary/aromatic N) is 4. The molecular formula is C16H16FN5O. The summed E-state index contributed by atoms with van der Waals surface area (Å²) in [6.07, 6.45) is 1.62. The van der Waals surface area contributed by atoms with Crippen molar-refractivity contribution in [3.63, 3.8) is 0 Å². The fourth-order valence-corrected chi connectivity index (χ4v) is 2.65. The quantitative estimate of drug-likeness (QED) is 0.750. The minimum Gasteiger partial charge on any atom is -0.364 e. The normalized spacial score (nSPS) is 17.2. The predicted octanol–water partition coefficient (Wildman–Crippen LogP) is 2.80. The average molecular weight is 313 g/mol. The van der Waals surface area contributed by atoms with Gasteiger partial charge >= 0.3 is 6.08 Å². The first-order valence-corrected chi connectivity index (χ1v) is 7.52. The third-order valence-electron chi connectivity index (χ3n) is 4.09. The molecule has 1 N–H and O–H groups in total. The van der Waals surface area contributed by atoms with Crippen LogP contribution in [0.25, 0.3) is 11.2 Å². The average Bonchev–Trinajstić information content (AvgIpc) is 2.88. The standard InChI is InChI=1S/C16H16FN5O/c1-10-4-2-3-5-11(10)8-18-14-13-15(21-16(17)20-14)22(9-19-13)12-6-7-23-12/h2-5,9,12H,6-8H2,1H3,(H,18,20,21). The molecule has 0 radical (unpaired) electrons. The van der Waals surface area contributed by atoms with Crippen LogP contribution in [0, 0.1) is 13.0 Å². The lowest BCUT2D eigenvalue weighted by atomic mass is 10.1. The molecule has 0 bridgehead atoms. The van der Waals surface area contributed by atoms with Crippen LogP contribution in [0.1, 0.15) is 23.8 Å². The van der Waals surface area contributed by atoms with Gasteiger partial charge in [0.05, 0.1) is 12.9 Å². The monoisotopic (exact) mass is 313 g/mol. The van der Waals surface area contributed by atoms with E-state index in [0.29, 0.717) is 30.1 Å². The molecule has 3 heterocycles. The fraction of sp³-hybridized carbons (Fsp3) is 0.312. The molecule has 118 valence electrons. The van der Waals surface area contributed by atoms with Crippen LogP contribution < -0.4 is 5.32 Å². The molecule has 0 aliphatic carbocycles. The molecular weight excluding hydrogens is 297 g/mol. The summed E-state index contributed by atoms with van der Waals surface area (Å²) in [6.45, 7) is 3.29. The van der Waals surface area contributed by atoms with E-state index in [1.165, 1.54) is 5.56 Å². The lowest BCUT2D eigenvalue weighted by Gasteiger charge is -2.27. The highest BCUT2D eigenvalue weighted by Crippen LogP contribution is 2.28. The van der Waals surface area contributed by atoms with Crippen LogP contribution in [0.15, 0.2) is 30.6 Å². The molecule has 1 atom stereocenters. The number of anilines is 1. The summed E-state index contributed by atoms with van der Waals surface area (Å²) >= 11 is 0. The molecule has 4 rings (SSSR count). The molecule has 1 saturated heterocycles. The number of fused-ring (bicyclic) bond motifs is 1. The second-order valence-corrected chi connectivity index (χ2v) is 5.56. The molecule has 3 aromatic rings. The van der Waals surface area contributed by atoms with Gasteiger partial charge in [0.2, 0.25) is 0 Å². The van der Waals surface area contributed by atoms with Crippen molar-refractivity contribution >= 4 is 17.0 Å². The number of ether oxygens (including phenoxy) is 1. The first-order valence-electron chi connectivity index (χ1n) is 7.52. The van der Waals surface area contributed by atoms with E-state index in [-0.39, 0.29) is 6.23 Å². The van der Waals surface area contributed by atoms with E-state index < -0.39 is 6.08 Å². The van der Waals surface area contributed by atoms with Gasteiger partial charge in [-0.3, -0.25) is 4.57 Å². The number of imidazole rings is 1. The van der Waals surface area contributed by atoms with E-state index in [2.05, 4.69) is 20.3 Å². The molecule has 1 aromatic carbocycles. The second-order valence-electron chi connectivity index (χ2n) is 5.56. The van der Waals surface area contributed by atoms with Crippen LogP contribution in [0.4, 0.5) is 10.2 Å². The van der Waals surface area contributed by atoms with Crippen LogP contribution in [-0.4, -0.2) is 26.1 Å². The van der Waals surface area contributed by atoms with Crippen LogP contribution >= 0.6 is 0 Å². The van der Waals surface area contributed by atoms with Crippen molar-refractivity contribution in [2.24, 2.45) is 0 Å². The zero-order chi connectivity index (χ0) is 15.8. The lowest BCUT2D eigenvalue weighted by molar-refractivity contribution is -0.0974. The Morgan fingerprint density at radius 3 is 2.91 bits per heavy atom. The van der Waals surface area contributed by atoms with Crippen molar-refractivity contribution < 1.29 is 9.13 Å². The van der Waals surface area contributed by atoms with E-state index >= 15 is 0 Å². The summed E-state index contributed by atoms with van der Waals surface area (Å²) in [5.41, 5.74) is 3.30. The molecule has 2 aromatic heterocycles. The van der Waals surface area contributed by atoms with E-state index in [9.17, 15) is 4.39 Å². The SMILES string of the molecule is Cc1ccccc1CNc1nc(F)nc2c1ncn2C1CCO1. The minimum absolute atomic E-state index is 0.112. The number of halogens is 1. The van der Waals surface area contributed by atoms with E-state index in [0.717, 1.165) is 12.0 Å². The molecule has 1 aliphatic heterocycles. The van der Waals surface area contributed by atoms with Crippen molar-refractivity contribution in [2.75, 3.05) is 11.9 Å². The molecule has 0 amide bonds. The molecule has 23 heavy (non-hydrogen) atoms. The highest BCUT2D eigenvalue weighted by Gasteiger charge is 2.24. The molecule has 7 heteroatoms. The number of benzene rings is 1. The first-order chi connectivity index (χ1) is 11.2. The van der Waals surface area contributed by atoms with Gasteiger partial charge in [0, 0.05) is 13.0 Å². The Balaban J connectivity index is 1.67. The van der Waals surface area contributed by atoms with Gasteiger partial charge in [0.25, 0.3) is 0 Å². The third-order valence-corrected chi connectivity index (χ3v) is 4.09. The van der Waals surface area contributed by atoms with Crippen LogP contribution in [-0.2, 0) is 11.3 Å². The zero-order valence-electron chi connectivity index (χ0n) is 12.7. The van der Waals surface area contributed by atoms with E-state index in [1.54, 1.807) is 10.9 Å². The summed E-state index contributed by atoms with van der Waals surface area (Å²) in [6, 6.07) is 8.03. The molecule has 1 fully saturated rings. The Bertz CT molecular complexity index is 859. The van der Waals surface area contributed by atoms with Crippen LogP contribution in [0.2, 0.25) is 0 Å². The predicted molar refractivity (Wildman–Crippen MR) is 83.4 cm³/mol. The van der Waals surface area contributed by atoms with Gasteiger partial charge in [-0.1, -0.05) is 24.3 Å². The molecule has 1 aliphatic rings. The molecule has 1 unspecified atom stereocenters.